The number of nitrogens with zero attached hydrogens (tertiary/aromatic N) is 3. The van der Waals surface area contributed by atoms with Gasteiger partial charge >= 0.3 is 5.97 Å². The smallest absolute Gasteiger partial charge is 0.319 e. The molecule has 15 heavy (non-hydrogen) atoms. The Bertz CT molecular complexity index is 344. The molecule has 0 aliphatic carbocycles. The number of hydrogen-bond donors (Lipinski definition) is 0. The quantitative estimate of drug-likeness (QED) is 0.701. The first-order valence-electron chi connectivity index (χ1n) is 5.09. The Morgan fingerprint density at radius 1 is 1.53 bits per heavy atom. The summed E-state index contributed by atoms with van der Waals surface area (Å²) >= 11 is 0. The summed E-state index contributed by atoms with van der Waals surface area (Å²) in [4.78, 5) is 11.7. The van der Waals surface area contributed by atoms with Crippen LogP contribution >= 0.6 is 0 Å². The van der Waals surface area contributed by atoms with Crippen molar-refractivity contribution in [1.82, 2.24) is 14.8 Å². The van der Waals surface area contributed by atoms with Crippen LogP contribution in [0.15, 0.2) is 6.33 Å². The largest absolute Gasteiger partial charge is 0.465 e. The fraction of sp³-hybridized carbons (Fsp3) is 0.700. The SMILES string of the molecule is CCOC(=O)C(C)(C)c1nncn1CC. The van der Waals surface area contributed by atoms with Gasteiger partial charge in [-0.15, -0.1) is 10.2 Å². The Morgan fingerprint density at radius 3 is 2.73 bits per heavy atom. The number of ether oxygens (including phenoxy) is 1. The van der Waals surface area contributed by atoms with Crippen molar-refractivity contribution in [1.29, 1.82) is 0 Å². The highest BCUT2D eigenvalue weighted by Crippen LogP contribution is 2.22. The number of carbonyl (C=O) groups excluding carboxylic acids is 1. The van der Waals surface area contributed by atoms with E-state index in [-0.39, 0.29) is 5.97 Å². The third kappa shape index (κ3) is 2.16. The average Bonchev–Trinajstić information content (AvgIpc) is 2.66. The van der Waals surface area contributed by atoms with E-state index in [1.165, 1.54) is 0 Å². The average molecular weight is 211 g/mol. The van der Waals surface area contributed by atoms with Crippen LogP contribution in [0.2, 0.25) is 0 Å². The molecule has 1 rings (SSSR count). The van der Waals surface area contributed by atoms with E-state index in [1.54, 1.807) is 27.1 Å². The topological polar surface area (TPSA) is 57.0 Å². The summed E-state index contributed by atoms with van der Waals surface area (Å²) in [6.07, 6.45) is 1.62. The summed E-state index contributed by atoms with van der Waals surface area (Å²) in [7, 11) is 0. The first-order chi connectivity index (χ1) is 7.04. The van der Waals surface area contributed by atoms with Crippen LogP contribution in [0, 0.1) is 0 Å². The Morgan fingerprint density at radius 2 is 2.20 bits per heavy atom. The molecule has 84 valence electrons. The number of aromatic nitrogens is 3. The molecular formula is C10H17N3O2. The van der Waals surface area contributed by atoms with E-state index in [4.69, 9.17) is 4.74 Å². The van der Waals surface area contributed by atoms with Gasteiger partial charge in [0.2, 0.25) is 0 Å². The summed E-state index contributed by atoms with van der Waals surface area (Å²) < 4.78 is 6.85. The highest BCUT2D eigenvalue weighted by molar-refractivity contribution is 5.81. The van der Waals surface area contributed by atoms with Gasteiger partial charge in [0.1, 0.15) is 17.6 Å². The van der Waals surface area contributed by atoms with E-state index < -0.39 is 5.41 Å². The van der Waals surface area contributed by atoms with Crippen LogP contribution in [-0.2, 0) is 21.5 Å². The van der Waals surface area contributed by atoms with Gasteiger partial charge in [-0.25, -0.2) is 0 Å². The second-order valence-electron chi connectivity index (χ2n) is 3.79. The Balaban J connectivity index is 2.99. The maximum absolute atomic E-state index is 11.7. The highest BCUT2D eigenvalue weighted by Gasteiger charge is 2.35. The van der Waals surface area contributed by atoms with Crippen LogP contribution < -0.4 is 0 Å². The molecule has 0 radical (unpaired) electrons. The van der Waals surface area contributed by atoms with E-state index >= 15 is 0 Å². The van der Waals surface area contributed by atoms with Crippen molar-refractivity contribution in [3.63, 3.8) is 0 Å². The normalized spacial score (nSPS) is 11.5. The molecule has 5 heteroatoms. The first-order valence-corrected chi connectivity index (χ1v) is 5.09. The van der Waals surface area contributed by atoms with Gasteiger partial charge in [0.25, 0.3) is 0 Å². The minimum Gasteiger partial charge on any atom is -0.465 e. The molecule has 0 saturated heterocycles. The molecule has 0 amide bonds. The highest BCUT2D eigenvalue weighted by atomic mass is 16.5. The van der Waals surface area contributed by atoms with Crippen molar-refractivity contribution < 1.29 is 9.53 Å². The van der Waals surface area contributed by atoms with Crippen molar-refractivity contribution in [3.05, 3.63) is 12.2 Å². The van der Waals surface area contributed by atoms with Crippen LogP contribution in [0.4, 0.5) is 0 Å². The van der Waals surface area contributed by atoms with Gasteiger partial charge in [-0.05, 0) is 27.7 Å². The molecule has 0 unspecified atom stereocenters. The molecule has 0 spiro atoms. The fourth-order valence-corrected chi connectivity index (χ4v) is 1.37. The predicted molar refractivity (Wildman–Crippen MR) is 55.4 cm³/mol. The van der Waals surface area contributed by atoms with Crippen molar-refractivity contribution in [2.24, 2.45) is 0 Å². The van der Waals surface area contributed by atoms with E-state index in [9.17, 15) is 4.79 Å². The lowest BCUT2D eigenvalue weighted by Crippen LogP contribution is -2.34. The van der Waals surface area contributed by atoms with Gasteiger partial charge in [-0.1, -0.05) is 0 Å². The monoisotopic (exact) mass is 211 g/mol. The molecule has 0 aliphatic rings. The summed E-state index contributed by atoms with van der Waals surface area (Å²) in [5, 5.41) is 7.78. The summed E-state index contributed by atoms with van der Waals surface area (Å²) in [5.41, 5.74) is -0.748. The minimum absolute atomic E-state index is 0.271. The Labute approximate surface area is 89.5 Å². The lowest BCUT2D eigenvalue weighted by molar-refractivity contribution is -0.149. The predicted octanol–water partition coefficient (Wildman–Crippen LogP) is 1.14. The zero-order valence-electron chi connectivity index (χ0n) is 9.65. The molecule has 0 N–H and O–H groups in total. The third-order valence-electron chi connectivity index (χ3n) is 2.30. The van der Waals surface area contributed by atoms with Crippen LogP contribution in [0.3, 0.4) is 0 Å². The van der Waals surface area contributed by atoms with E-state index in [0.29, 0.717) is 12.4 Å². The standard InChI is InChI=1S/C10H17N3O2/c1-5-13-7-11-12-8(13)10(3,4)9(14)15-6-2/h7H,5-6H2,1-4H3. The number of rotatable bonds is 4. The fourth-order valence-electron chi connectivity index (χ4n) is 1.37. The number of hydrogen-bond acceptors (Lipinski definition) is 4. The van der Waals surface area contributed by atoms with Crippen LogP contribution in [0.5, 0.6) is 0 Å². The third-order valence-corrected chi connectivity index (χ3v) is 2.30. The minimum atomic E-state index is -0.748. The lowest BCUT2D eigenvalue weighted by atomic mass is 9.92. The molecule has 5 nitrogen and oxygen atoms in total. The van der Waals surface area contributed by atoms with Gasteiger partial charge in [-0.3, -0.25) is 4.79 Å². The van der Waals surface area contributed by atoms with E-state index in [0.717, 1.165) is 6.54 Å². The maximum atomic E-state index is 11.7. The molecule has 1 heterocycles. The molecule has 0 saturated carbocycles. The molecule has 0 aliphatic heterocycles. The van der Waals surface area contributed by atoms with Crippen molar-refractivity contribution in [2.75, 3.05) is 6.61 Å². The van der Waals surface area contributed by atoms with Gasteiger partial charge in [0.15, 0.2) is 0 Å². The second-order valence-corrected chi connectivity index (χ2v) is 3.79. The zero-order chi connectivity index (χ0) is 11.5. The number of aryl methyl sites for hydroxylation is 1. The molecule has 0 atom stereocenters. The van der Waals surface area contributed by atoms with Gasteiger partial charge in [0, 0.05) is 6.54 Å². The van der Waals surface area contributed by atoms with Gasteiger partial charge < -0.3 is 9.30 Å². The zero-order valence-corrected chi connectivity index (χ0v) is 9.65. The van der Waals surface area contributed by atoms with Crippen molar-refractivity contribution in [2.45, 2.75) is 39.7 Å². The van der Waals surface area contributed by atoms with Crippen molar-refractivity contribution >= 4 is 5.97 Å². The molecule has 0 aromatic carbocycles. The van der Waals surface area contributed by atoms with Crippen molar-refractivity contribution in [3.8, 4) is 0 Å². The van der Waals surface area contributed by atoms with Gasteiger partial charge in [0.05, 0.1) is 6.61 Å². The number of esters is 1. The molecule has 0 fully saturated rings. The lowest BCUT2D eigenvalue weighted by Gasteiger charge is -2.21. The van der Waals surface area contributed by atoms with Crippen LogP contribution in [0.1, 0.15) is 33.5 Å². The number of carbonyl (C=O) groups is 1. The van der Waals surface area contributed by atoms with Crippen LogP contribution in [-0.4, -0.2) is 27.3 Å². The van der Waals surface area contributed by atoms with E-state index in [2.05, 4.69) is 10.2 Å². The molecule has 1 aromatic rings. The second kappa shape index (κ2) is 4.42. The van der Waals surface area contributed by atoms with Crippen LogP contribution in [0.25, 0.3) is 0 Å². The molecular weight excluding hydrogens is 194 g/mol. The van der Waals surface area contributed by atoms with E-state index in [1.807, 2.05) is 11.5 Å². The Hall–Kier alpha value is -1.39. The summed E-state index contributed by atoms with van der Waals surface area (Å²) in [5.74, 6) is 0.371. The maximum Gasteiger partial charge on any atom is 0.319 e. The molecule has 0 bridgehead atoms. The summed E-state index contributed by atoms with van der Waals surface area (Å²) in [6.45, 7) is 8.47. The Kier molecular flexibility index (Phi) is 3.44. The van der Waals surface area contributed by atoms with Gasteiger partial charge in [-0.2, -0.15) is 0 Å². The molecule has 1 aromatic heterocycles. The summed E-state index contributed by atoms with van der Waals surface area (Å²) in [6, 6.07) is 0. The first kappa shape index (κ1) is 11.7.